The molecule has 0 radical (unpaired) electrons. The van der Waals surface area contributed by atoms with Gasteiger partial charge in [0.2, 0.25) is 5.91 Å². The molecule has 2 atom stereocenters. The second-order valence-electron chi connectivity index (χ2n) is 5.85. The zero-order chi connectivity index (χ0) is 16.4. The predicted octanol–water partition coefficient (Wildman–Crippen LogP) is 3.40. The summed E-state index contributed by atoms with van der Waals surface area (Å²) in [4.78, 5) is 11.8. The van der Waals surface area contributed by atoms with E-state index in [1.807, 2.05) is 0 Å². The highest BCUT2D eigenvalue weighted by Gasteiger charge is 2.08. The molecule has 1 aromatic rings. The Labute approximate surface area is 153 Å². The normalized spacial score (nSPS) is 13.6. The van der Waals surface area contributed by atoms with Gasteiger partial charge in [0.25, 0.3) is 0 Å². The van der Waals surface area contributed by atoms with Gasteiger partial charge < -0.3 is 11.1 Å². The zero-order valence-electron chi connectivity index (χ0n) is 13.2. The number of carbonyl (C=O) groups is 1. The van der Waals surface area contributed by atoms with E-state index in [2.05, 4.69) is 71.7 Å². The average molecular weight is 434 g/mol. The molecule has 0 aliphatic rings. The number of aryl methyl sites for hydroxylation is 1. The Morgan fingerprint density at radius 1 is 1.36 bits per heavy atom. The number of rotatable bonds is 10. The summed E-state index contributed by atoms with van der Waals surface area (Å²) in [5.41, 5.74) is 6.86. The first kappa shape index (κ1) is 19.8. The van der Waals surface area contributed by atoms with Crippen molar-refractivity contribution in [2.75, 3.05) is 13.1 Å². The lowest BCUT2D eigenvalue weighted by Gasteiger charge is -2.15. The minimum absolute atomic E-state index is 0.152. The van der Waals surface area contributed by atoms with Crippen LogP contribution in [0.2, 0.25) is 0 Å². The number of benzene rings is 1. The third kappa shape index (κ3) is 9.00. The van der Waals surface area contributed by atoms with Crippen LogP contribution in [0.3, 0.4) is 0 Å². The number of halogens is 1. The van der Waals surface area contributed by atoms with Gasteiger partial charge in [0.05, 0.1) is 0 Å². The Kier molecular flexibility index (Phi) is 10.2. The Balaban J connectivity index is 2.09. The van der Waals surface area contributed by atoms with Crippen molar-refractivity contribution >= 4 is 41.1 Å². The average Bonchev–Trinajstić information content (AvgIpc) is 2.49. The number of hydrogen-bond acceptors (Lipinski definition) is 3. The lowest BCUT2D eigenvalue weighted by Crippen LogP contribution is -2.26. The number of thiol groups is 1. The summed E-state index contributed by atoms with van der Waals surface area (Å²) in [7, 11) is 0. The molecule has 0 aromatic heterocycles. The van der Waals surface area contributed by atoms with Gasteiger partial charge in [0.1, 0.15) is 0 Å². The number of amides is 1. The fourth-order valence-electron chi connectivity index (χ4n) is 2.33. The molecule has 3 N–H and O–H groups in total. The fourth-order valence-corrected chi connectivity index (χ4v) is 3.05. The maximum Gasteiger partial charge on any atom is 0.220 e. The van der Waals surface area contributed by atoms with Gasteiger partial charge in [-0.05, 0) is 71.9 Å². The Morgan fingerprint density at radius 2 is 2.05 bits per heavy atom. The summed E-state index contributed by atoms with van der Waals surface area (Å²) in [6.07, 6.45) is 4.44. The van der Waals surface area contributed by atoms with Crippen LogP contribution in [0.4, 0.5) is 0 Å². The van der Waals surface area contributed by atoms with Gasteiger partial charge in [-0.1, -0.05) is 19.1 Å². The minimum atomic E-state index is 0.152. The second-order valence-corrected chi connectivity index (χ2v) is 7.82. The molecule has 5 heteroatoms. The molecule has 0 aliphatic heterocycles. The monoisotopic (exact) mass is 434 g/mol. The van der Waals surface area contributed by atoms with E-state index in [-0.39, 0.29) is 11.2 Å². The van der Waals surface area contributed by atoms with Crippen molar-refractivity contribution in [1.29, 1.82) is 0 Å². The molecule has 0 bridgehead atoms. The first-order chi connectivity index (χ1) is 10.5. The summed E-state index contributed by atoms with van der Waals surface area (Å²) in [5, 5.41) is 3.27. The molecule has 0 heterocycles. The maximum atomic E-state index is 11.8. The molecular formula is C17H27IN2OS. The lowest BCUT2D eigenvalue weighted by molar-refractivity contribution is -0.121. The van der Waals surface area contributed by atoms with E-state index in [1.54, 1.807) is 0 Å². The first-order valence-electron chi connectivity index (χ1n) is 7.90. The Morgan fingerprint density at radius 3 is 2.68 bits per heavy atom. The molecule has 2 unspecified atom stereocenters. The molecule has 124 valence electrons. The highest BCUT2D eigenvalue weighted by atomic mass is 127. The van der Waals surface area contributed by atoms with Gasteiger partial charge >= 0.3 is 0 Å². The van der Waals surface area contributed by atoms with Crippen LogP contribution >= 0.6 is 35.2 Å². The van der Waals surface area contributed by atoms with E-state index in [1.165, 1.54) is 9.13 Å². The molecule has 1 aromatic carbocycles. The smallest absolute Gasteiger partial charge is 0.220 e. The Hall–Kier alpha value is -0.270. The van der Waals surface area contributed by atoms with E-state index in [9.17, 15) is 4.79 Å². The van der Waals surface area contributed by atoms with E-state index < -0.39 is 0 Å². The van der Waals surface area contributed by atoms with Crippen LogP contribution in [0.1, 0.15) is 38.2 Å². The molecule has 22 heavy (non-hydrogen) atoms. The summed E-state index contributed by atoms with van der Waals surface area (Å²) in [6, 6.07) is 8.47. The Bertz CT molecular complexity index is 439. The zero-order valence-corrected chi connectivity index (χ0v) is 16.3. The number of hydrogen-bond donors (Lipinski definition) is 3. The van der Waals surface area contributed by atoms with Gasteiger partial charge in [-0.15, -0.1) is 0 Å². The van der Waals surface area contributed by atoms with Crippen LogP contribution in [0.5, 0.6) is 0 Å². The standard InChI is InChI=1S/C17H27IN2OS/c1-13(11-16(22)12-19)9-10-20-17(21)4-2-3-14-5-7-15(18)8-6-14/h5-8,13,16,22H,2-4,9-12,19H2,1H3,(H,20,21). The van der Waals surface area contributed by atoms with E-state index in [4.69, 9.17) is 5.73 Å². The number of nitrogens with one attached hydrogen (secondary N) is 1. The number of carbonyl (C=O) groups excluding carboxylic acids is 1. The summed E-state index contributed by atoms with van der Waals surface area (Å²) >= 11 is 6.70. The van der Waals surface area contributed by atoms with Gasteiger partial charge in [-0.25, -0.2) is 0 Å². The van der Waals surface area contributed by atoms with Gasteiger partial charge in [-0.2, -0.15) is 12.6 Å². The summed E-state index contributed by atoms with van der Waals surface area (Å²) in [6.45, 7) is 3.54. The molecule has 0 spiro atoms. The molecule has 1 rings (SSSR count). The van der Waals surface area contributed by atoms with Crippen LogP contribution in [-0.4, -0.2) is 24.2 Å². The van der Waals surface area contributed by atoms with Crippen molar-refractivity contribution in [3.05, 3.63) is 33.4 Å². The highest BCUT2D eigenvalue weighted by molar-refractivity contribution is 14.1. The van der Waals surface area contributed by atoms with Crippen molar-refractivity contribution in [3.8, 4) is 0 Å². The summed E-state index contributed by atoms with van der Waals surface area (Å²) < 4.78 is 1.24. The van der Waals surface area contributed by atoms with E-state index in [0.29, 0.717) is 18.9 Å². The van der Waals surface area contributed by atoms with Crippen LogP contribution in [-0.2, 0) is 11.2 Å². The van der Waals surface area contributed by atoms with Crippen molar-refractivity contribution in [2.24, 2.45) is 11.7 Å². The topological polar surface area (TPSA) is 55.1 Å². The largest absolute Gasteiger partial charge is 0.356 e. The van der Waals surface area contributed by atoms with Crippen molar-refractivity contribution in [1.82, 2.24) is 5.32 Å². The van der Waals surface area contributed by atoms with Crippen LogP contribution in [0, 0.1) is 9.49 Å². The predicted molar refractivity (Wildman–Crippen MR) is 105 cm³/mol. The molecule has 3 nitrogen and oxygen atoms in total. The second kappa shape index (κ2) is 11.3. The third-order valence-electron chi connectivity index (χ3n) is 3.69. The molecule has 0 saturated carbocycles. The van der Waals surface area contributed by atoms with E-state index in [0.717, 1.165) is 32.2 Å². The van der Waals surface area contributed by atoms with Crippen molar-refractivity contribution < 1.29 is 4.79 Å². The van der Waals surface area contributed by atoms with Crippen molar-refractivity contribution in [3.63, 3.8) is 0 Å². The molecule has 0 fully saturated rings. The highest BCUT2D eigenvalue weighted by Crippen LogP contribution is 2.13. The van der Waals surface area contributed by atoms with Gasteiger partial charge in [0, 0.05) is 28.3 Å². The van der Waals surface area contributed by atoms with Crippen LogP contribution in [0.15, 0.2) is 24.3 Å². The first-order valence-corrected chi connectivity index (χ1v) is 9.50. The SMILES string of the molecule is CC(CCNC(=O)CCCc1ccc(I)cc1)CC(S)CN. The van der Waals surface area contributed by atoms with E-state index >= 15 is 0 Å². The van der Waals surface area contributed by atoms with Crippen LogP contribution in [0.25, 0.3) is 0 Å². The molecule has 0 saturated heterocycles. The summed E-state index contributed by atoms with van der Waals surface area (Å²) in [5.74, 6) is 0.692. The lowest BCUT2D eigenvalue weighted by atomic mass is 10.0. The minimum Gasteiger partial charge on any atom is -0.356 e. The number of nitrogens with two attached hydrogens (primary N) is 1. The molecule has 1 amide bonds. The fraction of sp³-hybridized carbons (Fsp3) is 0.588. The van der Waals surface area contributed by atoms with Gasteiger partial charge in [0.15, 0.2) is 0 Å². The quantitative estimate of drug-likeness (QED) is 0.391. The van der Waals surface area contributed by atoms with Gasteiger partial charge in [-0.3, -0.25) is 4.79 Å². The third-order valence-corrected chi connectivity index (χ3v) is 4.83. The molecule has 0 aliphatic carbocycles. The van der Waals surface area contributed by atoms with Crippen molar-refractivity contribution in [2.45, 2.75) is 44.3 Å². The van der Waals surface area contributed by atoms with Crippen LogP contribution < -0.4 is 11.1 Å². The maximum absolute atomic E-state index is 11.8. The molecular weight excluding hydrogens is 407 g/mol.